The molecule has 2 aliphatic heterocycles. The highest BCUT2D eigenvalue weighted by Gasteiger charge is 2.47. The molecule has 9 nitrogen and oxygen atoms in total. The summed E-state index contributed by atoms with van der Waals surface area (Å²) in [5, 5.41) is 13.9. The molecule has 0 bridgehead atoms. The summed E-state index contributed by atoms with van der Waals surface area (Å²) in [5.41, 5.74) is 1.54. The SMILES string of the molecule is Cc1nc([C@@H]2C[C@H](n3cc(-c4cc(F)c(F)c(F)c4)nn3)[C@H]3O[C@@H](c4ccccc4)OC[C@H]3O2)n(-c2cc(Cl)ccc2Cl)n1. The lowest BCUT2D eigenvalue weighted by Gasteiger charge is -2.45. The highest BCUT2D eigenvalue weighted by atomic mass is 35.5. The maximum atomic E-state index is 14.0. The predicted octanol–water partition coefficient (Wildman–Crippen LogP) is 6.74. The first-order valence-corrected chi connectivity index (χ1v) is 14.4. The van der Waals surface area contributed by atoms with E-state index < -0.39 is 48.1 Å². The molecule has 0 spiro atoms. The van der Waals surface area contributed by atoms with Gasteiger partial charge >= 0.3 is 0 Å². The van der Waals surface area contributed by atoms with E-state index in [2.05, 4.69) is 20.4 Å². The van der Waals surface area contributed by atoms with E-state index in [-0.39, 0.29) is 17.9 Å². The van der Waals surface area contributed by atoms with E-state index >= 15 is 0 Å². The van der Waals surface area contributed by atoms with Gasteiger partial charge in [-0.25, -0.2) is 27.5 Å². The van der Waals surface area contributed by atoms with E-state index in [0.717, 1.165) is 17.7 Å². The minimum atomic E-state index is -1.56. The van der Waals surface area contributed by atoms with Gasteiger partial charge in [-0.3, -0.25) is 0 Å². The van der Waals surface area contributed by atoms with Gasteiger partial charge in [0.05, 0.1) is 29.6 Å². The lowest BCUT2D eigenvalue weighted by atomic mass is 9.93. The lowest BCUT2D eigenvalue weighted by Crippen LogP contribution is -2.51. The fraction of sp³-hybridized carbons (Fsp3) is 0.267. The number of aromatic nitrogens is 6. The van der Waals surface area contributed by atoms with Gasteiger partial charge in [0.1, 0.15) is 29.8 Å². The highest BCUT2D eigenvalue weighted by Crippen LogP contribution is 2.44. The van der Waals surface area contributed by atoms with Crippen molar-refractivity contribution in [2.75, 3.05) is 6.61 Å². The third-order valence-electron chi connectivity index (χ3n) is 7.60. The molecule has 5 atom stereocenters. The number of halogens is 5. The Hall–Kier alpha value is -3.81. The Morgan fingerprint density at radius 2 is 1.73 bits per heavy atom. The van der Waals surface area contributed by atoms with Crippen LogP contribution in [0.15, 0.2) is 66.9 Å². The number of nitrogens with zero attached hydrogens (tertiary/aromatic N) is 6. The monoisotopic (exact) mass is 642 g/mol. The second kappa shape index (κ2) is 11.6. The first-order valence-electron chi connectivity index (χ1n) is 13.7. The second-order valence-corrected chi connectivity index (χ2v) is 11.3. The predicted molar refractivity (Wildman–Crippen MR) is 153 cm³/mol. The van der Waals surface area contributed by atoms with Crippen molar-refractivity contribution < 1.29 is 27.4 Å². The minimum absolute atomic E-state index is 0.0360. The zero-order valence-corrected chi connectivity index (χ0v) is 24.5. The average Bonchev–Trinajstić information content (AvgIpc) is 3.68. The third kappa shape index (κ3) is 5.37. The summed E-state index contributed by atoms with van der Waals surface area (Å²) >= 11 is 12.8. The molecule has 0 N–H and O–H groups in total. The van der Waals surface area contributed by atoms with Crippen LogP contribution in [0.5, 0.6) is 0 Å². The highest BCUT2D eigenvalue weighted by molar-refractivity contribution is 6.34. The zero-order chi connectivity index (χ0) is 30.5. The van der Waals surface area contributed by atoms with E-state index in [4.69, 9.17) is 37.4 Å². The van der Waals surface area contributed by atoms with Gasteiger partial charge in [-0.2, -0.15) is 5.10 Å². The molecule has 14 heteroatoms. The minimum Gasteiger partial charge on any atom is -0.362 e. The molecular weight excluding hydrogens is 620 g/mol. The van der Waals surface area contributed by atoms with E-state index in [1.54, 1.807) is 34.5 Å². The molecule has 0 aliphatic carbocycles. The number of fused-ring (bicyclic) bond motifs is 1. The van der Waals surface area contributed by atoms with Gasteiger partial charge in [0.25, 0.3) is 0 Å². The number of benzene rings is 3. The molecule has 0 unspecified atom stereocenters. The Kier molecular flexibility index (Phi) is 7.63. The van der Waals surface area contributed by atoms with Crippen molar-refractivity contribution in [1.29, 1.82) is 0 Å². The van der Waals surface area contributed by atoms with Crippen molar-refractivity contribution in [1.82, 2.24) is 29.8 Å². The number of ether oxygens (including phenoxy) is 3. The third-order valence-corrected chi connectivity index (χ3v) is 8.15. The van der Waals surface area contributed by atoms with E-state index in [1.807, 2.05) is 30.3 Å². The number of hydrogen-bond acceptors (Lipinski definition) is 7. The standard InChI is InChI=1S/C30H23Cl2F3N6O3/c1-15-36-29(41(38-15)23-11-18(31)7-8-19(23)32)25-12-24(28-26(43-25)14-42-30(44-28)16-5-3-2-4-6-16)40-13-22(37-39-40)17-9-20(33)27(35)21(34)10-17/h2-11,13,24-26,28,30H,12,14H2,1H3/t24-,25-,26+,28+,30-/m0/s1. The molecule has 2 aromatic heterocycles. The molecule has 44 heavy (non-hydrogen) atoms. The summed E-state index contributed by atoms with van der Waals surface area (Å²) < 4.78 is 63.9. The smallest absolute Gasteiger partial charge is 0.194 e. The quantitative estimate of drug-likeness (QED) is 0.196. The Bertz CT molecular complexity index is 1820. The van der Waals surface area contributed by atoms with Crippen LogP contribution in [-0.4, -0.2) is 48.6 Å². The summed E-state index contributed by atoms with van der Waals surface area (Å²) in [5.74, 6) is -3.24. The molecule has 4 heterocycles. The van der Waals surface area contributed by atoms with Crippen molar-refractivity contribution in [3.8, 4) is 16.9 Å². The fourth-order valence-corrected chi connectivity index (χ4v) is 5.94. The molecule has 0 saturated carbocycles. The van der Waals surface area contributed by atoms with Crippen molar-refractivity contribution in [2.45, 2.75) is 44.0 Å². The number of hydrogen-bond donors (Lipinski definition) is 0. The van der Waals surface area contributed by atoms with E-state index in [1.165, 1.54) is 6.20 Å². The van der Waals surface area contributed by atoms with Crippen LogP contribution in [0.1, 0.15) is 42.1 Å². The van der Waals surface area contributed by atoms with Crippen LogP contribution in [0.25, 0.3) is 16.9 Å². The van der Waals surface area contributed by atoms with Crippen LogP contribution < -0.4 is 0 Å². The summed E-state index contributed by atoms with van der Waals surface area (Å²) in [4.78, 5) is 4.67. The topological polar surface area (TPSA) is 89.1 Å². The van der Waals surface area contributed by atoms with Crippen LogP contribution in [0.2, 0.25) is 10.0 Å². The first-order chi connectivity index (χ1) is 21.2. The molecule has 2 aliphatic rings. The van der Waals surface area contributed by atoms with Crippen LogP contribution in [-0.2, 0) is 14.2 Å². The van der Waals surface area contributed by atoms with E-state index in [9.17, 15) is 13.2 Å². The van der Waals surface area contributed by atoms with Crippen molar-refractivity contribution in [2.24, 2.45) is 0 Å². The Labute approximate surface area is 259 Å². The first kappa shape index (κ1) is 28.9. The molecule has 2 saturated heterocycles. The Morgan fingerprint density at radius 3 is 2.50 bits per heavy atom. The van der Waals surface area contributed by atoms with Gasteiger partial charge in [-0.1, -0.05) is 58.7 Å². The summed E-state index contributed by atoms with van der Waals surface area (Å²) in [7, 11) is 0. The second-order valence-electron chi connectivity index (χ2n) is 10.5. The van der Waals surface area contributed by atoms with E-state index in [0.29, 0.717) is 33.8 Å². The maximum absolute atomic E-state index is 14.0. The van der Waals surface area contributed by atoms with Gasteiger partial charge in [0.15, 0.2) is 29.6 Å². The molecule has 7 rings (SSSR count). The summed E-state index contributed by atoms with van der Waals surface area (Å²) in [6, 6.07) is 15.8. The number of rotatable bonds is 5. The summed E-state index contributed by atoms with van der Waals surface area (Å²) in [6.45, 7) is 1.95. The maximum Gasteiger partial charge on any atom is 0.194 e. The molecule has 5 aromatic rings. The fourth-order valence-electron chi connectivity index (χ4n) is 5.57. The van der Waals surface area contributed by atoms with Crippen LogP contribution in [0.4, 0.5) is 13.2 Å². The Morgan fingerprint density at radius 1 is 0.955 bits per heavy atom. The molecular formula is C30H23Cl2F3N6O3. The van der Waals surface area contributed by atoms with Crippen LogP contribution in [0.3, 0.4) is 0 Å². The number of aryl methyl sites for hydroxylation is 1. The largest absolute Gasteiger partial charge is 0.362 e. The average molecular weight is 643 g/mol. The molecule has 3 aromatic carbocycles. The zero-order valence-electron chi connectivity index (χ0n) is 22.9. The Balaban J connectivity index is 1.27. The van der Waals surface area contributed by atoms with Crippen molar-refractivity contribution in [3.63, 3.8) is 0 Å². The summed E-state index contributed by atoms with van der Waals surface area (Å²) in [6.07, 6.45) is -0.587. The molecule has 0 radical (unpaired) electrons. The molecule has 0 amide bonds. The van der Waals surface area contributed by atoms with Gasteiger partial charge in [0, 0.05) is 22.6 Å². The van der Waals surface area contributed by atoms with Crippen LogP contribution >= 0.6 is 23.2 Å². The van der Waals surface area contributed by atoms with Crippen molar-refractivity contribution >= 4 is 23.2 Å². The normalized spacial score (nSPS) is 23.5. The molecule has 2 fully saturated rings. The lowest BCUT2D eigenvalue weighted by molar-refractivity contribution is -0.302. The van der Waals surface area contributed by atoms with Gasteiger partial charge < -0.3 is 14.2 Å². The van der Waals surface area contributed by atoms with Crippen LogP contribution in [0, 0.1) is 24.4 Å². The van der Waals surface area contributed by atoms with Gasteiger partial charge in [0.2, 0.25) is 0 Å². The van der Waals surface area contributed by atoms with Crippen molar-refractivity contribution in [3.05, 3.63) is 112 Å². The van der Waals surface area contributed by atoms with Gasteiger partial charge in [-0.05, 0) is 37.3 Å². The van der Waals surface area contributed by atoms with Gasteiger partial charge in [-0.15, -0.1) is 5.10 Å². The molecule has 226 valence electrons.